The summed E-state index contributed by atoms with van der Waals surface area (Å²) < 4.78 is 5.35. The number of morpholine rings is 1. The van der Waals surface area contributed by atoms with Crippen molar-refractivity contribution in [1.29, 1.82) is 0 Å². The summed E-state index contributed by atoms with van der Waals surface area (Å²) in [5, 5.41) is 33.5. The molecular weight excluding hydrogens is 482 g/mol. The number of nitro benzene ring substituents is 1. The summed E-state index contributed by atoms with van der Waals surface area (Å²) in [7, 11) is 0. The molecule has 0 aromatic heterocycles. The summed E-state index contributed by atoms with van der Waals surface area (Å²) in [6, 6.07) is 9.72. The summed E-state index contributed by atoms with van der Waals surface area (Å²) in [5.74, 6) is -1.01. The number of anilines is 1. The van der Waals surface area contributed by atoms with E-state index >= 15 is 0 Å². The number of carbonyl (C=O) groups is 2. The number of phenolic OH excluding ortho intramolecular Hbond substituents is 1. The van der Waals surface area contributed by atoms with Crippen LogP contribution in [0.25, 0.3) is 0 Å². The van der Waals surface area contributed by atoms with Crippen LogP contribution in [-0.2, 0) is 16.1 Å². The Bertz CT molecular complexity index is 1110. The van der Waals surface area contributed by atoms with E-state index in [1.165, 1.54) is 18.2 Å². The Morgan fingerprint density at radius 2 is 1.70 bits per heavy atom. The quantitative estimate of drug-likeness (QED) is 0.340. The molecule has 2 aliphatic heterocycles. The predicted molar refractivity (Wildman–Crippen MR) is 134 cm³/mol. The third-order valence-electron chi connectivity index (χ3n) is 6.55. The van der Waals surface area contributed by atoms with Gasteiger partial charge in [-0.3, -0.25) is 24.6 Å². The van der Waals surface area contributed by atoms with Crippen LogP contribution in [0.15, 0.2) is 42.5 Å². The number of hydrogen-bond acceptors (Lipinski definition) is 9. The van der Waals surface area contributed by atoms with Crippen LogP contribution >= 0.6 is 0 Å². The van der Waals surface area contributed by atoms with Gasteiger partial charge in [-0.1, -0.05) is 0 Å². The van der Waals surface area contributed by atoms with Crippen molar-refractivity contribution in [2.45, 2.75) is 12.6 Å². The fourth-order valence-electron chi connectivity index (χ4n) is 4.53. The molecule has 12 nitrogen and oxygen atoms in total. The number of piperazine rings is 1. The smallest absolute Gasteiger partial charge is 0.269 e. The highest BCUT2D eigenvalue weighted by molar-refractivity contribution is 5.98. The highest BCUT2D eigenvalue weighted by Gasteiger charge is 2.29. The summed E-state index contributed by atoms with van der Waals surface area (Å²) >= 11 is 0. The van der Waals surface area contributed by atoms with Crippen molar-refractivity contribution in [1.82, 2.24) is 15.1 Å². The van der Waals surface area contributed by atoms with Crippen molar-refractivity contribution in [3.63, 3.8) is 0 Å². The van der Waals surface area contributed by atoms with Crippen LogP contribution in [0.5, 0.6) is 5.75 Å². The highest BCUT2D eigenvalue weighted by atomic mass is 16.6. The van der Waals surface area contributed by atoms with Crippen LogP contribution in [0.3, 0.4) is 0 Å². The Balaban J connectivity index is 1.34. The predicted octanol–water partition coefficient (Wildman–Crippen LogP) is 0.572. The van der Waals surface area contributed by atoms with Gasteiger partial charge in [0.2, 0.25) is 5.91 Å². The zero-order valence-electron chi connectivity index (χ0n) is 20.4. The van der Waals surface area contributed by atoms with Crippen LogP contribution in [0.2, 0.25) is 0 Å². The zero-order chi connectivity index (χ0) is 26.4. The molecule has 1 unspecified atom stereocenters. The summed E-state index contributed by atoms with van der Waals surface area (Å²) in [4.78, 5) is 42.1. The Morgan fingerprint density at radius 3 is 2.32 bits per heavy atom. The molecule has 2 saturated heterocycles. The van der Waals surface area contributed by atoms with E-state index in [4.69, 9.17) is 4.74 Å². The number of benzene rings is 2. The molecule has 2 fully saturated rings. The largest absolute Gasteiger partial charge is 0.508 e. The van der Waals surface area contributed by atoms with Gasteiger partial charge in [0.25, 0.3) is 11.6 Å². The summed E-state index contributed by atoms with van der Waals surface area (Å²) in [6.07, 6.45) is 0. The molecule has 0 spiro atoms. The topological polar surface area (TPSA) is 149 Å². The van der Waals surface area contributed by atoms with E-state index < -0.39 is 29.4 Å². The van der Waals surface area contributed by atoms with E-state index in [-0.39, 0.29) is 17.0 Å². The van der Waals surface area contributed by atoms with Crippen molar-refractivity contribution in [3.8, 4) is 5.75 Å². The number of rotatable bonds is 8. The maximum Gasteiger partial charge on any atom is 0.269 e. The lowest BCUT2D eigenvalue weighted by Gasteiger charge is -2.37. The van der Waals surface area contributed by atoms with Gasteiger partial charge in [-0.25, -0.2) is 0 Å². The molecule has 3 N–H and O–H groups in total. The number of nitrogens with zero attached hydrogens (tertiary/aromatic N) is 4. The van der Waals surface area contributed by atoms with Crippen LogP contribution < -0.4 is 10.2 Å². The molecule has 0 bridgehead atoms. The molecule has 0 saturated carbocycles. The van der Waals surface area contributed by atoms with Crippen molar-refractivity contribution in [3.05, 3.63) is 63.7 Å². The Kier molecular flexibility index (Phi) is 8.54. The van der Waals surface area contributed by atoms with Gasteiger partial charge >= 0.3 is 0 Å². The maximum absolute atomic E-state index is 13.0. The summed E-state index contributed by atoms with van der Waals surface area (Å²) in [5.41, 5.74) is 1.80. The summed E-state index contributed by atoms with van der Waals surface area (Å²) in [6.45, 7) is 4.54. The fourth-order valence-corrected chi connectivity index (χ4v) is 4.53. The number of aliphatic hydroxyl groups excluding tert-OH is 1. The first-order valence-electron chi connectivity index (χ1n) is 12.2. The van der Waals surface area contributed by atoms with Crippen molar-refractivity contribution in [2.75, 3.05) is 64.0 Å². The average Bonchev–Trinajstić information content (AvgIpc) is 2.91. The lowest BCUT2D eigenvalue weighted by atomic mass is 10.1. The zero-order valence-corrected chi connectivity index (χ0v) is 20.4. The van der Waals surface area contributed by atoms with E-state index in [0.717, 1.165) is 24.3 Å². The van der Waals surface area contributed by atoms with Gasteiger partial charge in [-0.05, 0) is 35.9 Å². The van der Waals surface area contributed by atoms with Gasteiger partial charge in [-0.2, -0.15) is 0 Å². The number of nitro groups is 1. The van der Waals surface area contributed by atoms with E-state index in [1.54, 1.807) is 29.2 Å². The van der Waals surface area contributed by atoms with Crippen LogP contribution in [-0.4, -0.2) is 102 Å². The van der Waals surface area contributed by atoms with Gasteiger partial charge in [0.1, 0.15) is 11.8 Å². The van der Waals surface area contributed by atoms with Gasteiger partial charge in [-0.15, -0.1) is 0 Å². The second-order valence-corrected chi connectivity index (χ2v) is 9.07. The molecule has 12 heteroatoms. The molecule has 1 atom stereocenters. The first-order valence-corrected chi connectivity index (χ1v) is 12.2. The molecule has 0 aliphatic carbocycles. The standard InChI is InChI=1S/C25H31N5O7/c31-17-23(25(34)29-7-5-28(6-8-29)20-1-3-21(4-2-20)30(35)36)26-24(33)19-13-18(14-22(32)15-19)16-27-9-11-37-12-10-27/h1-4,13-15,23,31-32H,5-12,16-17H2,(H,26,33). The third-order valence-corrected chi connectivity index (χ3v) is 6.55. The lowest BCUT2D eigenvalue weighted by molar-refractivity contribution is -0.384. The van der Waals surface area contributed by atoms with E-state index in [2.05, 4.69) is 10.2 Å². The number of aromatic hydroxyl groups is 1. The number of ether oxygens (including phenoxy) is 1. The Hall–Kier alpha value is -3.74. The van der Waals surface area contributed by atoms with Crippen molar-refractivity contribution >= 4 is 23.2 Å². The van der Waals surface area contributed by atoms with Crippen molar-refractivity contribution < 1.29 is 29.5 Å². The second-order valence-electron chi connectivity index (χ2n) is 9.07. The number of aliphatic hydroxyl groups is 1. The Morgan fingerprint density at radius 1 is 1.03 bits per heavy atom. The number of non-ortho nitro benzene ring substituents is 1. The minimum Gasteiger partial charge on any atom is -0.508 e. The highest BCUT2D eigenvalue weighted by Crippen LogP contribution is 2.21. The number of carbonyl (C=O) groups excluding carboxylic acids is 2. The van der Waals surface area contributed by atoms with Crippen molar-refractivity contribution in [2.24, 2.45) is 0 Å². The molecule has 2 amide bonds. The number of hydrogen-bond donors (Lipinski definition) is 3. The number of nitrogens with one attached hydrogen (secondary N) is 1. The molecular formula is C25H31N5O7. The molecule has 4 rings (SSSR count). The maximum atomic E-state index is 13.0. The first-order chi connectivity index (χ1) is 17.8. The lowest BCUT2D eigenvalue weighted by Crippen LogP contribution is -2.56. The number of phenols is 1. The van der Waals surface area contributed by atoms with Gasteiger partial charge < -0.3 is 30.1 Å². The average molecular weight is 514 g/mol. The molecule has 37 heavy (non-hydrogen) atoms. The SMILES string of the molecule is O=C(NC(CO)C(=O)N1CCN(c2ccc([N+](=O)[O-])cc2)CC1)c1cc(O)cc(CN2CCOCC2)c1. The minimum atomic E-state index is -1.12. The number of amides is 2. The van der Waals surface area contributed by atoms with Crippen LogP contribution in [0.4, 0.5) is 11.4 Å². The molecule has 2 aromatic carbocycles. The first kappa shape index (κ1) is 26.3. The second kappa shape index (κ2) is 12.0. The van der Waals surface area contributed by atoms with Gasteiger partial charge in [0, 0.05) is 69.2 Å². The minimum absolute atomic E-state index is 0.0130. The molecule has 198 valence electrons. The van der Waals surface area contributed by atoms with Crippen LogP contribution in [0.1, 0.15) is 15.9 Å². The molecule has 2 aromatic rings. The van der Waals surface area contributed by atoms with E-state index in [9.17, 15) is 29.9 Å². The molecule has 2 heterocycles. The fraction of sp³-hybridized carbons (Fsp3) is 0.440. The van der Waals surface area contributed by atoms with E-state index in [0.29, 0.717) is 45.9 Å². The third kappa shape index (κ3) is 6.73. The molecule has 2 aliphatic rings. The molecule has 0 radical (unpaired) electrons. The monoisotopic (exact) mass is 513 g/mol. The normalized spacial score (nSPS) is 17.3. The van der Waals surface area contributed by atoms with E-state index in [1.807, 2.05) is 4.90 Å². The van der Waals surface area contributed by atoms with Gasteiger partial charge in [0.05, 0.1) is 24.7 Å². The Labute approximate surface area is 214 Å². The van der Waals surface area contributed by atoms with Crippen LogP contribution in [0, 0.1) is 10.1 Å². The van der Waals surface area contributed by atoms with Gasteiger partial charge in [0.15, 0.2) is 0 Å².